The van der Waals surface area contributed by atoms with Gasteiger partial charge in [-0.25, -0.2) is 10.8 Å². The minimum atomic E-state index is 0.401. The Morgan fingerprint density at radius 3 is 2.67 bits per heavy atom. The zero-order valence-corrected chi connectivity index (χ0v) is 10.5. The maximum Gasteiger partial charge on any atom is 0.161 e. The van der Waals surface area contributed by atoms with E-state index in [1.54, 1.807) is 17.8 Å². The van der Waals surface area contributed by atoms with Crippen molar-refractivity contribution in [1.29, 1.82) is 0 Å². The van der Waals surface area contributed by atoms with Crippen LogP contribution in [-0.2, 0) is 0 Å². The zero-order valence-electron chi connectivity index (χ0n) is 8.18. The van der Waals surface area contributed by atoms with E-state index in [4.69, 9.17) is 29.0 Å². The molecular formula is C8H12Cl2N4S. The second-order valence-electron chi connectivity index (χ2n) is 2.71. The molecule has 0 aromatic carbocycles. The summed E-state index contributed by atoms with van der Waals surface area (Å²) in [5.41, 5.74) is 2.41. The van der Waals surface area contributed by atoms with E-state index in [2.05, 4.69) is 15.7 Å². The van der Waals surface area contributed by atoms with Crippen LogP contribution >= 0.6 is 35.0 Å². The zero-order chi connectivity index (χ0) is 11.3. The summed E-state index contributed by atoms with van der Waals surface area (Å²) in [6.07, 6.45) is 2.03. The predicted octanol–water partition coefficient (Wildman–Crippen LogP) is 2.45. The van der Waals surface area contributed by atoms with Gasteiger partial charge < -0.3 is 10.7 Å². The first-order valence-corrected chi connectivity index (χ1v) is 6.39. The molecule has 7 heteroatoms. The molecule has 0 unspecified atom stereocenters. The van der Waals surface area contributed by atoms with E-state index >= 15 is 0 Å². The Hall–Kier alpha value is -0.360. The van der Waals surface area contributed by atoms with Crippen LogP contribution in [0, 0.1) is 0 Å². The molecule has 1 heterocycles. The van der Waals surface area contributed by atoms with Crippen LogP contribution in [-0.4, -0.2) is 23.5 Å². The Balaban J connectivity index is 2.78. The van der Waals surface area contributed by atoms with Gasteiger partial charge in [-0.2, -0.15) is 11.8 Å². The standard InChI is InChI=1S/C8H12Cl2N4S/c1-15-3-2-12-7-5(9)4-6(10)8(13-7)14-11/h4H,2-3,11H2,1H3,(H2,12,13,14). The first kappa shape index (κ1) is 12.7. The van der Waals surface area contributed by atoms with E-state index in [1.165, 1.54) is 0 Å². The van der Waals surface area contributed by atoms with Crippen molar-refractivity contribution < 1.29 is 0 Å². The maximum atomic E-state index is 5.95. The van der Waals surface area contributed by atoms with Crippen molar-refractivity contribution in [2.45, 2.75) is 0 Å². The first-order chi connectivity index (χ1) is 7.19. The van der Waals surface area contributed by atoms with Gasteiger partial charge in [0.2, 0.25) is 0 Å². The third-order valence-electron chi connectivity index (χ3n) is 1.66. The number of nitrogens with two attached hydrogens (primary N) is 1. The van der Waals surface area contributed by atoms with Gasteiger partial charge in [-0.3, -0.25) is 0 Å². The van der Waals surface area contributed by atoms with E-state index in [-0.39, 0.29) is 0 Å². The summed E-state index contributed by atoms with van der Waals surface area (Å²) < 4.78 is 0. The Morgan fingerprint density at radius 1 is 1.40 bits per heavy atom. The average molecular weight is 267 g/mol. The lowest BCUT2D eigenvalue weighted by Gasteiger charge is -2.09. The van der Waals surface area contributed by atoms with E-state index < -0.39 is 0 Å². The molecule has 0 spiro atoms. The maximum absolute atomic E-state index is 5.95. The molecule has 0 bridgehead atoms. The third kappa shape index (κ3) is 3.61. The summed E-state index contributed by atoms with van der Waals surface area (Å²) in [6, 6.07) is 1.60. The summed E-state index contributed by atoms with van der Waals surface area (Å²) in [7, 11) is 0. The van der Waals surface area contributed by atoms with Crippen molar-refractivity contribution in [3.63, 3.8) is 0 Å². The van der Waals surface area contributed by atoms with Gasteiger partial charge in [-0.1, -0.05) is 23.2 Å². The molecule has 1 aromatic heterocycles. The van der Waals surface area contributed by atoms with Crippen molar-refractivity contribution in [1.82, 2.24) is 4.98 Å². The Morgan fingerprint density at radius 2 is 2.07 bits per heavy atom. The van der Waals surface area contributed by atoms with E-state index in [1.807, 2.05) is 6.26 Å². The molecule has 4 N–H and O–H groups in total. The molecule has 15 heavy (non-hydrogen) atoms. The van der Waals surface area contributed by atoms with E-state index in [0.29, 0.717) is 21.7 Å². The van der Waals surface area contributed by atoms with Gasteiger partial charge >= 0.3 is 0 Å². The number of nitrogen functional groups attached to an aromatic ring is 1. The number of hydrazine groups is 1. The number of thioether (sulfide) groups is 1. The van der Waals surface area contributed by atoms with Crippen LogP contribution in [0.2, 0.25) is 10.0 Å². The Labute approximate surface area is 103 Å². The van der Waals surface area contributed by atoms with E-state index in [9.17, 15) is 0 Å². The molecule has 4 nitrogen and oxygen atoms in total. The largest absolute Gasteiger partial charge is 0.368 e. The summed E-state index contributed by atoms with van der Waals surface area (Å²) in [5, 5.41) is 3.98. The first-order valence-electron chi connectivity index (χ1n) is 4.24. The third-order valence-corrected chi connectivity index (χ3v) is 2.85. The second kappa shape index (κ2) is 6.27. The quantitative estimate of drug-likeness (QED) is 0.434. The molecule has 0 aliphatic carbocycles. The highest BCUT2D eigenvalue weighted by Gasteiger charge is 2.07. The summed E-state index contributed by atoms with van der Waals surface area (Å²) in [6.45, 7) is 0.791. The van der Waals surface area contributed by atoms with Crippen molar-refractivity contribution in [2.24, 2.45) is 5.84 Å². The monoisotopic (exact) mass is 266 g/mol. The summed E-state index contributed by atoms with van der Waals surface area (Å²) in [5.74, 6) is 7.23. The van der Waals surface area contributed by atoms with Gasteiger partial charge in [0, 0.05) is 12.3 Å². The van der Waals surface area contributed by atoms with Crippen LogP contribution in [0.3, 0.4) is 0 Å². The number of halogens is 2. The van der Waals surface area contributed by atoms with Crippen molar-refractivity contribution >= 4 is 46.6 Å². The highest BCUT2D eigenvalue weighted by molar-refractivity contribution is 7.98. The van der Waals surface area contributed by atoms with Gasteiger partial charge in [-0.05, 0) is 12.3 Å². The van der Waals surface area contributed by atoms with Gasteiger partial charge in [0.05, 0.1) is 10.0 Å². The molecule has 0 radical (unpaired) electrons. The Kier molecular flexibility index (Phi) is 5.31. The molecule has 0 aliphatic heterocycles. The molecule has 0 saturated carbocycles. The van der Waals surface area contributed by atoms with Gasteiger partial charge in [0.1, 0.15) is 5.82 Å². The minimum absolute atomic E-state index is 0.401. The predicted molar refractivity (Wildman–Crippen MR) is 68.9 cm³/mol. The molecule has 1 aromatic rings. The lowest BCUT2D eigenvalue weighted by atomic mass is 10.4. The number of hydrogen-bond acceptors (Lipinski definition) is 5. The Bertz CT molecular complexity index is 335. The van der Waals surface area contributed by atoms with Crippen LogP contribution in [0.5, 0.6) is 0 Å². The molecule has 0 amide bonds. The number of anilines is 2. The molecule has 0 atom stereocenters. The van der Waals surface area contributed by atoms with Crippen LogP contribution < -0.4 is 16.6 Å². The second-order valence-corrected chi connectivity index (χ2v) is 4.51. The van der Waals surface area contributed by atoms with Crippen molar-refractivity contribution in [3.8, 4) is 0 Å². The fourth-order valence-electron chi connectivity index (χ4n) is 0.963. The highest BCUT2D eigenvalue weighted by atomic mass is 35.5. The highest BCUT2D eigenvalue weighted by Crippen LogP contribution is 2.28. The topological polar surface area (TPSA) is 63.0 Å². The van der Waals surface area contributed by atoms with Gasteiger partial charge in [0.15, 0.2) is 5.82 Å². The van der Waals surface area contributed by atoms with E-state index in [0.717, 1.165) is 12.3 Å². The fourth-order valence-corrected chi connectivity index (χ4v) is 1.75. The fraction of sp³-hybridized carbons (Fsp3) is 0.375. The van der Waals surface area contributed by atoms with Crippen LogP contribution in [0.4, 0.5) is 11.6 Å². The molecule has 84 valence electrons. The molecule has 0 aliphatic rings. The SMILES string of the molecule is CSCCNc1nc(NN)c(Cl)cc1Cl. The lowest BCUT2D eigenvalue weighted by molar-refractivity contribution is 1.15. The summed E-state index contributed by atoms with van der Waals surface area (Å²) >= 11 is 13.5. The van der Waals surface area contributed by atoms with Crippen LogP contribution in [0.15, 0.2) is 6.07 Å². The minimum Gasteiger partial charge on any atom is -0.368 e. The summed E-state index contributed by atoms with van der Waals surface area (Å²) in [4.78, 5) is 4.14. The van der Waals surface area contributed by atoms with Crippen molar-refractivity contribution in [3.05, 3.63) is 16.1 Å². The number of pyridine rings is 1. The number of aromatic nitrogens is 1. The molecule has 0 fully saturated rings. The van der Waals surface area contributed by atoms with Crippen molar-refractivity contribution in [2.75, 3.05) is 29.3 Å². The number of nitrogens with zero attached hydrogens (tertiary/aromatic N) is 1. The van der Waals surface area contributed by atoms with Gasteiger partial charge in [0.25, 0.3) is 0 Å². The number of hydrogen-bond donors (Lipinski definition) is 3. The smallest absolute Gasteiger partial charge is 0.161 e. The molecule has 1 rings (SSSR count). The normalized spacial score (nSPS) is 10.1. The average Bonchev–Trinajstić information content (AvgIpc) is 2.21. The lowest BCUT2D eigenvalue weighted by Crippen LogP contribution is -2.12. The van der Waals surface area contributed by atoms with Crippen LogP contribution in [0.1, 0.15) is 0 Å². The van der Waals surface area contributed by atoms with Gasteiger partial charge in [-0.15, -0.1) is 0 Å². The molecular weight excluding hydrogens is 255 g/mol. The number of nitrogens with one attached hydrogen (secondary N) is 2. The van der Waals surface area contributed by atoms with Crippen LogP contribution in [0.25, 0.3) is 0 Å². The molecule has 0 saturated heterocycles. The number of rotatable bonds is 5.